The molecule has 0 saturated carbocycles. The van der Waals surface area contributed by atoms with Crippen LogP contribution in [0.2, 0.25) is 0 Å². The number of likely N-dealkylation sites (N-methyl/N-ethyl adjacent to an activating group) is 1. The normalized spacial score (nSPS) is 10.6. The van der Waals surface area contributed by atoms with E-state index in [2.05, 4.69) is 36.8 Å². The molecular weight excluding hydrogens is 210 g/mol. The molecule has 1 rings (SSSR count). The second-order valence-electron chi connectivity index (χ2n) is 4.32. The van der Waals surface area contributed by atoms with E-state index >= 15 is 0 Å². The highest BCUT2D eigenvalue weighted by Crippen LogP contribution is 2.23. The average molecular weight is 233 g/mol. The molecule has 0 fully saturated rings. The van der Waals surface area contributed by atoms with Crippen LogP contribution in [0.15, 0.2) is 18.7 Å². The van der Waals surface area contributed by atoms with Crippen LogP contribution in [0.1, 0.15) is 18.1 Å². The predicted octanol–water partition coefficient (Wildman–Crippen LogP) is 2.58. The Kier molecular flexibility index (Phi) is 5.04. The number of hydrogen-bond acceptors (Lipinski definition) is 3. The van der Waals surface area contributed by atoms with E-state index in [4.69, 9.17) is 5.73 Å². The Balaban J connectivity index is 2.70. The average Bonchev–Trinajstić information content (AvgIpc) is 2.32. The molecule has 1 aromatic carbocycles. The first-order valence-corrected chi connectivity index (χ1v) is 6.03. The summed E-state index contributed by atoms with van der Waals surface area (Å²) in [5.41, 5.74) is 9.96. The third kappa shape index (κ3) is 3.79. The van der Waals surface area contributed by atoms with Gasteiger partial charge < -0.3 is 16.0 Å². The second-order valence-corrected chi connectivity index (χ2v) is 4.32. The summed E-state index contributed by atoms with van der Waals surface area (Å²) in [7, 11) is 2.12. The van der Waals surface area contributed by atoms with E-state index in [9.17, 15) is 0 Å². The van der Waals surface area contributed by atoms with Crippen molar-refractivity contribution in [1.82, 2.24) is 4.90 Å². The zero-order valence-electron chi connectivity index (χ0n) is 11.1. The first kappa shape index (κ1) is 13.6. The molecule has 0 atom stereocenters. The molecule has 3 heteroatoms. The molecule has 0 spiro atoms. The molecule has 0 saturated heterocycles. The van der Waals surface area contributed by atoms with Crippen LogP contribution in [-0.4, -0.2) is 31.6 Å². The first-order chi connectivity index (χ1) is 8.08. The van der Waals surface area contributed by atoms with Crippen LogP contribution >= 0.6 is 0 Å². The van der Waals surface area contributed by atoms with Gasteiger partial charge in [-0.05, 0) is 43.8 Å². The molecule has 0 aromatic heterocycles. The van der Waals surface area contributed by atoms with Crippen molar-refractivity contribution in [2.45, 2.75) is 13.8 Å². The Bertz CT molecular complexity index is 385. The Morgan fingerprint density at radius 3 is 2.76 bits per heavy atom. The molecule has 0 heterocycles. The van der Waals surface area contributed by atoms with E-state index in [-0.39, 0.29) is 0 Å². The van der Waals surface area contributed by atoms with Gasteiger partial charge in [0.2, 0.25) is 0 Å². The van der Waals surface area contributed by atoms with Crippen LogP contribution in [0.3, 0.4) is 0 Å². The van der Waals surface area contributed by atoms with Crippen LogP contribution in [-0.2, 0) is 0 Å². The molecule has 0 bridgehead atoms. The van der Waals surface area contributed by atoms with Crippen molar-refractivity contribution in [1.29, 1.82) is 0 Å². The summed E-state index contributed by atoms with van der Waals surface area (Å²) in [6, 6.07) is 4.05. The zero-order valence-corrected chi connectivity index (χ0v) is 11.1. The van der Waals surface area contributed by atoms with Gasteiger partial charge >= 0.3 is 0 Å². The first-order valence-electron chi connectivity index (χ1n) is 6.03. The summed E-state index contributed by atoms with van der Waals surface area (Å²) in [4.78, 5) is 2.27. The van der Waals surface area contributed by atoms with Crippen molar-refractivity contribution in [3.05, 3.63) is 29.8 Å². The van der Waals surface area contributed by atoms with Gasteiger partial charge in [-0.1, -0.05) is 19.6 Å². The third-order valence-electron chi connectivity index (χ3n) is 3.01. The number of hydrogen-bond donors (Lipinski definition) is 2. The van der Waals surface area contributed by atoms with Crippen molar-refractivity contribution in [2.75, 3.05) is 37.7 Å². The van der Waals surface area contributed by atoms with Crippen LogP contribution in [0.4, 0.5) is 11.4 Å². The molecule has 1 aromatic rings. The maximum absolute atomic E-state index is 5.88. The molecule has 0 aliphatic rings. The lowest BCUT2D eigenvalue weighted by molar-refractivity contribution is 0.367. The summed E-state index contributed by atoms with van der Waals surface area (Å²) < 4.78 is 0. The lowest BCUT2D eigenvalue weighted by atomic mass is 10.1. The van der Waals surface area contributed by atoms with Crippen molar-refractivity contribution in [2.24, 2.45) is 0 Å². The van der Waals surface area contributed by atoms with Gasteiger partial charge in [-0.3, -0.25) is 0 Å². The lowest BCUT2D eigenvalue weighted by Gasteiger charge is -2.16. The molecule has 17 heavy (non-hydrogen) atoms. The highest BCUT2D eigenvalue weighted by molar-refractivity contribution is 5.71. The smallest absolute Gasteiger partial charge is 0.0418 e. The Labute approximate surface area is 104 Å². The summed E-state index contributed by atoms with van der Waals surface area (Å²) in [5, 5.41) is 3.43. The highest BCUT2D eigenvalue weighted by Gasteiger charge is 2.03. The Morgan fingerprint density at radius 2 is 2.18 bits per heavy atom. The summed E-state index contributed by atoms with van der Waals surface area (Å²) in [5.74, 6) is 0. The van der Waals surface area contributed by atoms with E-state index in [1.807, 2.05) is 19.1 Å². The molecule has 0 aliphatic carbocycles. The molecule has 0 aliphatic heterocycles. The maximum atomic E-state index is 5.88. The SMILES string of the molecule is C=Cc1cc(N)c(C)cc1NCCN(C)CC. The Morgan fingerprint density at radius 1 is 1.47 bits per heavy atom. The molecule has 94 valence electrons. The number of nitrogens with two attached hydrogens (primary N) is 1. The maximum Gasteiger partial charge on any atom is 0.0418 e. The molecular formula is C14H23N3. The zero-order chi connectivity index (χ0) is 12.8. The number of rotatable bonds is 6. The predicted molar refractivity (Wildman–Crippen MR) is 77.3 cm³/mol. The fraction of sp³-hybridized carbons (Fsp3) is 0.429. The number of anilines is 2. The van der Waals surface area contributed by atoms with E-state index in [0.29, 0.717) is 0 Å². The van der Waals surface area contributed by atoms with Gasteiger partial charge in [0.15, 0.2) is 0 Å². The summed E-state index contributed by atoms with van der Waals surface area (Å²) >= 11 is 0. The number of aryl methyl sites for hydroxylation is 1. The number of nitrogens with zero attached hydrogens (tertiary/aromatic N) is 1. The van der Waals surface area contributed by atoms with Gasteiger partial charge in [-0.2, -0.15) is 0 Å². The van der Waals surface area contributed by atoms with E-state index < -0.39 is 0 Å². The number of nitrogen functional groups attached to an aromatic ring is 1. The fourth-order valence-corrected chi connectivity index (χ4v) is 1.60. The van der Waals surface area contributed by atoms with Crippen molar-refractivity contribution >= 4 is 17.5 Å². The van der Waals surface area contributed by atoms with Gasteiger partial charge in [0.05, 0.1) is 0 Å². The van der Waals surface area contributed by atoms with Crippen molar-refractivity contribution in [3.63, 3.8) is 0 Å². The van der Waals surface area contributed by atoms with Crippen LogP contribution in [0, 0.1) is 6.92 Å². The fourth-order valence-electron chi connectivity index (χ4n) is 1.60. The van der Waals surface area contributed by atoms with Crippen molar-refractivity contribution < 1.29 is 0 Å². The van der Waals surface area contributed by atoms with Gasteiger partial charge in [0.25, 0.3) is 0 Å². The van der Waals surface area contributed by atoms with Crippen LogP contribution in [0.25, 0.3) is 6.08 Å². The summed E-state index contributed by atoms with van der Waals surface area (Å²) in [6.07, 6.45) is 1.83. The largest absolute Gasteiger partial charge is 0.398 e. The molecule has 3 N–H and O–H groups in total. The number of nitrogens with one attached hydrogen (secondary N) is 1. The molecule has 3 nitrogen and oxygen atoms in total. The van der Waals surface area contributed by atoms with Gasteiger partial charge in [-0.15, -0.1) is 0 Å². The quantitative estimate of drug-likeness (QED) is 0.742. The van der Waals surface area contributed by atoms with Gasteiger partial charge in [0.1, 0.15) is 0 Å². The highest BCUT2D eigenvalue weighted by atomic mass is 15.1. The molecule has 0 amide bonds. The second kappa shape index (κ2) is 6.30. The lowest BCUT2D eigenvalue weighted by Crippen LogP contribution is -2.24. The topological polar surface area (TPSA) is 41.3 Å². The van der Waals surface area contributed by atoms with Crippen LogP contribution in [0.5, 0.6) is 0 Å². The Hall–Kier alpha value is -1.48. The van der Waals surface area contributed by atoms with Crippen molar-refractivity contribution in [3.8, 4) is 0 Å². The van der Waals surface area contributed by atoms with E-state index in [1.54, 1.807) is 0 Å². The monoisotopic (exact) mass is 233 g/mol. The van der Waals surface area contributed by atoms with Gasteiger partial charge in [0, 0.05) is 24.5 Å². The van der Waals surface area contributed by atoms with Crippen LogP contribution < -0.4 is 11.1 Å². The third-order valence-corrected chi connectivity index (χ3v) is 3.01. The minimum Gasteiger partial charge on any atom is -0.398 e. The van der Waals surface area contributed by atoms with E-state index in [0.717, 1.165) is 42.1 Å². The number of benzene rings is 1. The standard InChI is InChI=1S/C14H23N3/c1-5-12-10-13(15)11(3)9-14(12)16-7-8-17(4)6-2/h5,9-10,16H,1,6-8,15H2,2-4H3. The molecule has 0 radical (unpaired) electrons. The molecule has 0 unspecified atom stereocenters. The minimum absolute atomic E-state index is 0.816. The summed E-state index contributed by atoms with van der Waals surface area (Å²) in [6.45, 7) is 11.0. The van der Waals surface area contributed by atoms with E-state index in [1.165, 1.54) is 0 Å². The minimum atomic E-state index is 0.816. The van der Waals surface area contributed by atoms with Gasteiger partial charge in [-0.25, -0.2) is 0 Å².